The van der Waals surface area contributed by atoms with Gasteiger partial charge >= 0.3 is 6.18 Å². The molecule has 1 atom stereocenters. The van der Waals surface area contributed by atoms with Gasteiger partial charge in [-0.1, -0.05) is 35.0 Å². The van der Waals surface area contributed by atoms with Crippen molar-refractivity contribution in [2.45, 2.75) is 46.1 Å². The van der Waals surface area contributed by atoms with Crippen molar-refractivity contribution in [1.29, 1.82) is 0 Å². The maximum atomic E-state index is 14.0. The molecule has 2 amide bonds. The Labute approximate surface area is 232 Å². The third-order valence-electron chi connectivity index (χ3n) is 6.56. The van der Waals surface area contributed by atoms with E-state index in [1.54, 1.807) is 18.3 Å². The summed E-state index contributed by atoms with van der Waals surface area (Å²) in [4.78, 5) is 29.1. The van der Waals surface area contributed by atoms with E-state index >= 15 is 0 Å². The highest BCUT2D eigenvalue weighted by Gasteiger charge is 2.36. The minimum absolute atomic E-state index is 0.0882. The van der Waals surface area contributed by atoms with Crippen molar-refractivity contribution in [3.8, 4) is 0 Å². The molecule has 0 aliphatic rings. The number of aryl methyl sites for hydroxylation is 3. The van der Waals surface area contributed by atoms with Crippen molar-refractivity contribution < 1.29 is 27.3 Å². The van der Waals surface area contributed by atoms with E-state index in [1.807, 2.05) is 39.0 Å². The summed E-state index contributed by atoms with van der Waals surface area (Å²) in [5, 5.41) is 18.3. The predicted octanol–water partition coefficient (Wildman–Crippen LogP) is 5.26. The van der Waals surface area contributed by atoms with Crippen molar-refractivity contribution >= 4 is 28.4 Å². The molecule has 5 aromatic rings. The van der Waals surface area contributed by atoms with E-state index in [2.05, 4.69) is 25.8 Å². The number of rotatable bonds is 8. The van der Waals surface area contributed by atoms with E-state index in [4.69, 9.17) is 4.52 Å². The average molecular weight is 566 g/mol. The number of carbonyl (C=O) groups excluding carboxylic acids is 2. The minimum Gasteiger partial charge on any atom is -0.364 e. The third kappa shape index (κ3) is 6.13. The van der Waals surface area contributed by atoms with Crippen LogP contribution >= 0.6 is 0 Å². The molecule has 212 valence electrons. The van der Waals surface area contributed by atoms with Crippen LogP contribution in [0, 0.1) is 20.8 Å². The number of aromatic nitrogens is 5. The smallest absolute Gasteiger partial charge is 0.364 e. The summed E-state index contributed by atoms with van der Waals surface area (Å²) in [6, 6.07) is 9.37. The Hall–Kier alpha value is -4.94. The second-order valence-electron chi connectivity index (χ2n) is 9.86. The second-order valence-corrected chi connectivity index (χ2v) is 9.86. The van der Waals surface area contributed by atoms with E-state index in [9.17, 15) is 22.8 Å². The first kappa shape index (κ1) is 27.6. The largest absolute Gasteiger partial charge is 0.408 e. The van der Waals surface area contributed by atoms with Crippen LogP contribution in [0.5, 0.6) is 0 Å². The number of benzene rings is 2. The average Bonchev–Trinajstić information content (AvgIpc) is 3.66. The van der Waals surface area contributed by atoms with Gasteiger partial charge in [0.25, 0.3) is 11.8 Å². The van der Waals surface area contributed by atoms with E-state index in [0.717, 1.165) is 34.5 Å². The zero-order chi connectivity index (χ0) is 29.3. The topological polar surface area (TPSA) is 122 Å². The maximum Gasteiger partial charge on any atom is 0.408 e. The molecular weight excluding hydrogens is 539 g/mol. The summed E-state index contributed by atoms with van der Waals surface area (Å²) in [7, 11) is 0. The summed E-state index contributed by atoms with van der Waals surface area (Å²) in [6.07, 6.45) is 0.449. The Morgan fingerprint density at radius 1 is 1.10 bits per heavy atom. The highest BCUT2D eigenvalue weighted by Crippen LogP contribution is 2.29. The second kappa shape index (κ2) is 10.9. The molecule has 0 saturated heterocycles. The van der Waals surface area contributed by atoms with Crippen molar-refractivity contribution in [3.05, 3.63) is 94.8 Å². The molecule has 3 heterocycles. The lowest BCUT2D eigenvalue weighted by atomic mass is 10.0. The summed E-state index contributed by atoms with van der Waals surface area (Å²) in [5.41, 5.74) is 4.62. The molecule has 0 fully saturated rings. The lowest BCUT2D eigenvalue weighted by Gasteiger charge is -2.30. The first-order chi connectivity index (χ1) is 19.5. The fourth-order valence-corrected chi connectivity index (χ4v) is 4.84. The first-order valence-electron chi connectivity index (χ1n) is 12.6. The highest BCUT2D eigenvalue weighted by molar-refractivity contribution is 6.02. The Morgan fingerprint density at radius 2 is 1.85 bits per heavy atom. The van der Waals surface area contributed by atoms with Gasteiger partial charge in [0.15, 0.2) is 6.04 Å². The molecule has 0 bridgehead atoms. The Morgan fingerprint density at radius 3 is 2.54 bits per heavy atom. The van der Waals surface area contributed by atoms with Crippen LogP contribution in [0.25, 0.3) is 10.9 Å². The van der Waals surface area contributed by atoms with Gasteiger partial charge in [-0.25, -0.2) is 0 Å². The van der Waals surface area contributed by atoms with Crippen LogP contribution < -0.4 is 5.32 Å². The molecule has 0 radical (unpaired) electrons. The lowest BCUT2D eigenvalue weighted by molar-refractivity contribution is -0.142. The number of halogens is 3. The SMILES string of the molecule is Cc1cc(C)c(NC(=O)C(c2ccon2)N(Cc2ccc3cn[nH]c3c2)C(=O)c2cnn(CC(F)(F)F)c2)c(C)c1. The zero-order valence-electron chi connectivity index (χ0n) is 22.4. The zero-order valence-corrected chi connectivity index (χ0v) is 22.4. The number of amides is 2. The Balaban J connectivity index is 1.56. The van der Waals surface area contributed by atoms with E-state index in [1.165, 1.54) is 17.2 Å². The number of nitrogens with one attached hydrogen (secondary N) is 2. The van der Waals surface area contributed by atoms with Crippen molar-refractivity contribution in [3.63, 3.8) is 0 Å². The minimum atomic E-state index is -4.53. The predicted molar refractivity (Wildman–Crippen MR) is 143 cm³/mol. The van der Waals surface area contributed by atoms with E-state index in [0.29, 0.717) is 21.4 Å². The van der Waals surface area contributed by atoms with Crippen LogP contribution in [0.1, 0.15) is 44.3 Å². The summed E-state index contributed by atoms with van der Waals surface area (Å²) in [5.74, 6) is -1.30. The van der Waals surface area contributed by atoms with Gasteiger partial charge in [0.1, 0.15) is 18.5 Å². The van der Waals surface area contributed by atoms with E-state index in [-0.39, 0.29) is 17.8 Å². The first-order valence-corrected chi connectivity index (χ1v) is 12.6. The monoisotopic (exact) mass is 565 g/mol. The number of H-pyrrole nitrogens is 1. The van der Waals surface area contributed by atoms with Crippen LogP contribution in [-0.2, 0) is 17.9 Å². The molecule has 3 aromatic heterocycles. The molecule has 2 aromatic carbocycles. The Bertz CT molecular complexity index is 1680. The molecule has 2 N–H and O–H groups in total. The van der Waals surface area contributed by atoms with Crippen LogP contribution in [0.3, 0.4) is 0 Å². The van der Waals surface area contributed by atoms with Gasteiger partial charge in [0.05, 0.1) is 23.5 Å². The van der Waals surface area contributed by atoms with E-state index < -0.39 is 30.6 Å². The standard InChI is InChI=1S/C28H26F3N7O3/c1-16-8-17(2)24(18(3)9-16)34-26(39)25(22-6-7-41-36-22)38(13-19-4-5-20-11-32-35-23(20)10-19)27(40)21-12-33-37(14-21)15-28(29,30)31/h4-12,14,25H,13,15H2,1-3H3,(H,32,35)(H,34,39). The van der Waals surface area contributed by atoms with Gasteiger partial charge < -0.3 is 14.7 Å². The van der Waals surface area contributed by atoms with Gasteiger partial charge in [0.2, 0.25) is 0 Å². The number of alkyl halides is 3. The summed E-state index contributed by atoms with van der Waals surface area (Å²) < 4.78 is 44.6. The number of aromatic amines is 1. The molecular formula is C28H26F3N7O3. The number of anilines is 1. The van der Waals surface area contributed by atoms with Crippen LogP contribution in [-0.4, -0.2) is 48.0 Å². The molecule has 13 heteroatoms. The Kier molecular flexibility index (Phi) is 7.35. The van der Waals surface area contributed by atoms with Gasteiger partial charge in [-0.05, 0) is 43.5 Å². The molecule has 41 heavy (non-hydrogen) atoms. The molecule has 0 spiro atoms. The molecule has 0 aliphatic heterocycles. The molecule has 1 unspecified atom stereocenters. The number of fused-ring (bicyclic) bond motifs is 1. The van der Waals surface area contributed by atoms with Gasteiger partial charge in [0, 0.05) is 29.9 Å². The van der Waals surface area contributed by atoms with Crippen LogP contribution in [0.2, 0.25) is 0 Å². The van der Waals surface area contributed by atoms with Crippen molar-refractivity contribution in [2.75, 3.05) is 5.32 Å². The molecule has 0 aliphatic carbocycles. The van der Waals surface area contributed by atoms with Gasteiger partial charge in [-0.2, -0.15) is 23.4 Å². The number of hydrogen-bond donors (Lipinski definition) is 2. The molecule has 10 nitrogen and oxygen atoms in total. The van der Waals surface area contributed by atoms with Crippen LogP contribution in [0.15, 0.2) is 65.8 Å². The van der Waals surface area contributed by atoms with Crippen molar-refractivity contribution in [1.82, 2.24) is 30.0 Å². The molecule has 0 saturated carbocycles. The summed E-state index contributed by atoms with van der Waals surface area (Å²) >= 11 is 0. The van der Waals surface area contributed by atoms with Gasteiger partial charge in [-0.15, -0.1) is 0 Å². The fraction of sp³-hybridized carbons (Fsp3) is 0.250. The van der Waals surface area contributed by atoms with Gasteiger partial charge in [-0.3, -0.25) is 19.4 Å². The quantitative estimate of drug-likeness (QED) is 0.265. The molecule has 5 rings (SSSR count). The number of carbonyl (C=O) groups is 2. The number of hydrogen-bond acceptors (Lipinski definition) is 6. The number of nitrogens with zero attached hydrogens (tertiary/aromatic N) is 5. The normalized spacial score (nSPS) is 12.4. The maximum absolute atomic E-state index is 14.0. The summed E-state index contributed by atoms with van der Waals surface area (Å²) in [6.45, 7) is 4.21. The lowest BCUT2D eigenvalue weighted by Crippen LogP contribution is -2.41. The third-order valence-corrected chi connectivity index (χ3v) is 6.56. The van der Waals surface area contributed by atoms with Crippen LogP contribution in [0.4, 0.5) is 18.9 Å². The highest BCUT2D eigenvalue weighted by atomic mass is 19.4. The van der Waals surface area contributed by atoms with Crippen molar-refractivity contribution in [2.24, 2.45) is 0 Å². The fourth-order valence-electron chi connectivity index (χ4n) is 4.84.